The molecular weight excluding hydrogens is 301 g/mol. The van der Waals surface area contributed by atoms with Crippen molar-refractivity contribution in [3.05, 3.63) is 41.2 Å². The molecule has 1 rings (SSSR count). The summed E-state index contributed by atoms with van der Waals surface area (Å²) in [5.41, 5.74) is 5.48. The standard InChI is InChI=1S/C8H12O4.C6H5ClFN/c1-4-11-7(9)6(3)8(10)12-5-2;7-5-3-4(9)1-2-6(5)8/h3-5H2,1-2H3;1-3H,9H2. The molecule has 116 valence electrons. The van der Waals surface area contributed by atoms with Gasteiger partial charge in [-0.2, -0.15) is 0 Å². The Morgan fingerprint density at radius 2 is 1.71 bits per heavy atom. The highest BCUT2D eigenvalue weighted by Gasteiger charge is 2.17. The van der Waals surface area contributed by atoms with E-state index in [2.05, 4.69) is 16.1 Å². The van der Waals surface area contributed by atoms with Crippen LogP contribution in [0.3, 0.4) is 0 Å². The highest BCUT2D eigenvalue weighted by molar-refractivity contribution is 6.31. The molecule has 0 spiro atoms. The summed E-state index contributed by atoms with van der Waals surface area (Å²) in [5.74, 6) is -1.89. The third-order valence-electron chi connectivity index (χ3n) is 1.99. The number of hydrogen-bond donors (Lipinski definition) is 1. The number of anilines is 1. The van der Waals surface area contributed by atoms with E-state index in [1.54, 1.807) is 13.8 Å². The molecule has 0 saturated carbocycles. The first-order valence-corrected chi connectivity index (χ1v) is 6.44. The quantitative estimate of drug-likeness (QED) is 0.304. The average Bonchev–Trinajstić information content (AvgIpc) is 2.43. The van der Waals surface area contributed by atoms with E-state index in [1.165, 1.54) is 18.2 Å². The normalized spacial score (nSPS) is 9.14. The summed E-state index contributed by atoms with van der Waals surface area (Å²) in [6.07, 6.45) is 0. The van der Waals surface area contributed by atoms with E-state index in [0.29, 0.717) is 5.69 Å². The van der Waals surface area contributed by atoms with Gasteiger partial charge in [-0.05, 0) is 32.0 Å². The van der Waals surface area contributed by atoms with Crippen LogP contribution in [0.1, 0.15) is 13.8 Å². The molecule has 5 nitrogen and oxygen atoms in total. The van der Waals surface area contributed by atoms with Gasteiger partial charge in [0.25, 0.3) is 0 Å². The summed E-state index contributed by atoms with van der Waals surface area (Å²) in [5, 5.41) is 0.0648. The molecule has 0 unspecified atom stereocenters. The van der Waals surface area contributed by atoms with Crippen molar-refractivity contribution in [3.63, 3.8) is 0 Å². The Kier molecular flexibility index (Phi) is 8.80. The van der Waals surface area contributed by atoms with Crippen LogP contribution in [0.2, 0.25) is 5.02 Å². The lowest BCUT2D eigenvalue weighted by Gasteiger charge is -2.03. The molecule has 0 amide bonds. The summed E-state index contributed by atoms with van der Waals surface area (Å²) in [6, 6.07) is 4.07. The van der Waals surface area contributed by atoms with E-state index < -0.39 is 17.8 Å². The lowest BCUT2D eigenvalue weighted by Crippen LogP contribution is -2.17. The Hall–Kier alpha value is -2.08. The van der Waals surface area contributed by atoms with Gasteiger partial charge in [0.2, 0.25) is 0 Å². The zero-order valence-electron chi connectivity index (χ0n) is 11.8. The Balaban J connectivity index is 0.000000394. The van der Waals surface area contributed by atoms with Crippen molar-refractivity contribution in [2.24, 2.45) is 0 Å². The van der Waals surface area contributed by atoms with Crippen molar-refractivity contribution in [1.82, 2.24) is 0 Å². The molecular formula is C14H17ClFNO4. The van der Waals surface area contributed by atoms with Gasteiger partial charge in [0.05, 0.1) is 18.2 Å². The summed E-state index contributed by atoms with van der Waals surface area (Å²) >= 11 is 5.36. The van der Waals surface area contributed by atoms with E-state index in [0.717, 1.165) is 0 Å². The molecule has 7 heteroatoms. The van der Waals surface area contributed by atoms with Crippen LogP contribution in [0, 0.1) is 5.82 Å². The molecule has 0 fully saturated rings. The molecule has 0 bridgehead atoms. The molecule has 0 aliphatic rings. The highest BCUT2D eigenvalue weighted by atomic mass is 35.5. The number of ether oxygens (including phenoxy) is 2. The maximum absolute atomic E-state index is 12.3. The number of carbonyl (C=O) groups is 2. The fourth-order valence-corrected chi connectivity index (χ4v) is 1.22. The molecule has 21 heavy (non-hydrogen) atoms. The topological polar surface area (TPSA) is 78.6 Å². The molecule has 0 radical (unpaired) electrons. The second-order valence-corrected chi connectivity index (χ2v) is 4.00. The minimum Gasteiger partial charge on any atom is -0.462 e. The van der Waals surface area contributed by atoms with Crippen LogP contribution in [-0.2, 0) is 19.1 Å². The minimum atomic E-state index is -0.726. The number of carbonyl (C=O) groups excluding carboxylic acids is 2. The molecule has 0 saturated heterocycles. The highest BCUT2D eigenvalue weighted by Crippen LogP contribution is 2.16. The lowest BCUT2D eigenvalue weighted by atomic mass is 10.3. The van der Waals surface area contributed by atoms with Crippen LogP contribution in [0.25, 0.3) is 0 Å². The van der Waals surface area contributed by atoms with Gasteiger partial charge in [-0.1, -0.05) is 18.2 Å². The van der Waals surface area contributed by atoms with Gasteiger partial charge in [0.1, 0.15) is 11.4 Å². The van der Waals surface area contributed by atoms with Gasteiger partial charge in [-0.3, -0.25) is 0 Å². The molecule has 1 aromatic carbocycles. The van der Waals surface area contributed by atoms with E-state index in [-0.39, 0.29) is 23.8 Å². The summed E-state index contributed by atoms with van der Waals surface area (Å²) in [4.78, 5) is 21.7. The molecule has 0 aliphatic heterocycles. The summed E-state index contributed by atoms with van der Waals surface area (Å²) in [6.45, 7) is 6.98. The molecule has 2 N–H and O–H groups in total. The van der Waals surface area contributed by atoms with Gasteiger partial charge in [-0.25, -0.2) is 14.0 Å². The van der Waals surface area contributed by atoms with Crippen LogP contribution in [0.4, 0.5) is 10.1 Å². The Bertz CT molecular complexity index is 500. The van der Waals surface area contributed by atoms with E-state index in [9.17, 15) is 14.0 Å². The lowest BCUT2D eigenvalue weighted by molar-refractivity contribution is -0.146. The molecule has 0 aromatic heterocycles. The van der Waals surface area contributed by atoms with Crippen LogP contribution < -0.4 is 5.73 Å². The largest absolute Gasteiger partial charge is 0.462 e. The maximum atomic E-state index is 12.3. The SMILES string of the molecule is C=C(C(=O)OCC)C(=O)OCC.Nc1ccc(F)c(Cl)c1. The third kappa shape index (κ3) is 7.31. The number of benzene rings is 1. The number of nitrogens with two attached hydrogens (primary N) is 1. The first-order valence-electron chi connectivity index (χ1n) is 6.07. The van der Waals surface area contributed by atoms with Gasteiger partial charge in [-0.15, -0.1) is 0 Å². The smallest absolute Gasteiger partial charge is 0.344 e. The van der Waals surface area contributed by atoms with Crippen molar-refractivity contribution in [1.29, 1.82) is 0 Å². The molecule has 0 atom stereocenters. The second-order valence-electron chi connectivity index (χ2n) is 3.59. The van der Waals surface area contributed by atoms with Crippen molar-refractivity contribution in [2.45, 2.75) is 13.8 Å². The van der Waals surface area contributed by atoms with Crippen LogP contribution in [0.5, 0.6) is 0 Å². The van der Waals surface area contributed by atoms with Gasteiger partial charge >= 0.3 is 11.9 Å². The number of esters is 2. The maximum Gasteiger partial charge on any atom is 0.344 e. The predicted octanol–water partition coefficient (Wildman–Crippen LogP) is 2.73. The van der Waals surface area contributed by atoms with Crippen LogP contribution in [0.15, 0.2) is 30.4 Å². The summed E-state index contributed by atoms with van der Waals surface area (Å²) < 4.78 is 21.4. The molecule has 0 heterocycles. The average molecular weight is 318 g/mol. The Morgan fingerprint density at radius 1 is 1.24 bits per heavy atom. The molecule has 1 aromatic rings. The number of rotatable bonds is 4. The first-order chi connectivity index (χ1) is 9.83. The number of halogens is 2. The van der Waals surface area contributed by atoms with Crippen LogP contribution >= 0.6 is 11.6 Å². The van der Waals surface area contributed by atoms with E-state index in [4.69, 9.17) is 17.3 Å². The third-order valence-corrected chi connectivity index (χ3v) is 2.28. The van der Waals surface area contributed by atoms with Crippen molar-refractivity contribution >= 4 is 29.2 Å². The first kappa shape index (κ1) is 18.9. The van der Waals surface area contributed by atoms with Crippen LogP contribution in [-0.4, -0.2) is 25.2 Å². The number of hydrogen-bond acceptors (Lipinski definition) is 5. The van der Waals surface area contributed by atoms with E-state index in [1.807, 2.05) is 0 Å². The fraction of sp³-hybridized carbons (Fsp3) is 0.286. The Morgan fingerprint density at radius 3 is 2.05 bits per heavy atom. The Labute approximate surface area is 127 Å². The zero-order chi connectivity index (χ0) is 16.4. The molecule has 0 aliphatic carbocycles. The predicted molar refractivity (Wildman–Crippen MR) is 78.2 cm³/mol. The van der Waals surface area contributed by atoms with E-state index >= 15 is 0 Å². The van der Waals surface area contributed by atoms with Gasteiger partial charge < -0.3 is 15.2 Å². The van der Waals surface area contributed by atoms with Crippen molar-refractivity contribution in [3.8, 4) is 0 Å². The monoisotopic (exact) mass is 317 g/mol. The van der Waals surface area contributed by atoms with Crippen molar-refractivity contribution < 1.29 is 23.5 Å². The number of nitrogen functional groups attached to an aromatic ring is 1. The second kappa shape index (κ2) is 9.77. The summed E-state index contributed by atoms with van der Waals surface area (Å²) in [7, 11) is 0. The zero-order valence-corrected chi connectivity index (χ0v) is 12.6. The fourth-order valence-electron chi connectivity index (χ4n) is 1.03. The van der Waals surface area contributed by atoms with Gasteiger partial charge in [0.15, 0.2) is 0 Å². The van der Waals surface area contributed by atoms with Gasteiger partial charge in [0, 0.05) is 5.69 Å². The van der Waals surface area contributed by atoms with Crippen molar-refractivity contribution in [2.75, 3.05) is 18.9 Å². The minimum absolute atomic E-state index is 0.0648.